The highest BCUT2D eigenvalue weighted by molar-refractivity contribution is 5.17. The molecule has 0 fully saturated rings. The van der Waals surface area contributed by atoms with Crippen molar-refractivity contribution in [3.63, 3.8) is 0 Å². The fourth-order valence-corrected chi connectivity index (χ4v) is 1.16. The monoisotopic (exact) mass is 162 g/mol. The van der Waals surface area contributed by atoms with E-state index in [0.717, 1.165) is 13.0 Å². The third-order valence-corrected chi connectivity index (χ3v) is 1.91. The molecule has 1 atom stereocenters. The van der Waals surface area contributed by atoms with Gasteiger partial charge in [-0.25, -0.2) is 5.32 Å². The second-order valence-corrected chi connectivity index (χ2v) is 2.99. The van der Waals surface area contributed by atoms with Crippen LogP contribution in [0.4, 0.5) is 0 Å². The van der Waals surface area contributed by atoms with E-state index in [0.29, 0.717) is 6.04 Å². The molecular weight excluding hydrogens is 146 g/mol. The summed E-state index contributed by atoms with van der Waals surface area (Å²) in [5, 5.41) is 4.51. The molecule has 0 saturated heterocycles. The van der Waals surface area contributed by atoms with Crippen LogP contribution in [0.3, 0.4) is 0 Å². The summed E-state index contributed by atoms with van der Waals surface area (Å²) in [6.45, 7) is 5.27. The largest absolute Gasteiger partial charge is 0.234 e. The quantitative estimate of drug-likeness (QED) is 0.646. The summed E-state index contributed by atoms with van der Waals surface area (Å²) in [6, 6.07) is 10.8. The van der Waals surface area contributed by atoms with Gasteiger partial charge in [0.25, 0.3) is 0 Å². The Kier molecular flexibility index (Phi) is 3.81. The lowest BCUT2D eigenvalue weighted by atomic mass is 10.1. The van der Waals surface area contributed by atoms with Gasteiger partial charge in [0.05, 0.1) is 0 Å². The van der Waals surface area contributed by atoms with E-state index >= 15 is 0 Å². The summed E-state index contributed by atoms with van der Waals surface area (Å²) in [7, 11) is 0. The second kappa shape index (κ2) is 4.94. The first-order chi connectivity index (χ1) is 5.84. The Labute approximate surface area is 74.8 Å². The van der Waals surface area contributed by atoms with Crippen molar-refractivity contribution in [3.8, 4) is 0 Å². The molecule has 0 saturated carbocycles. The molecule has 0 aliphatic carbocycles. The van der Waals surface area contributed by atoms with E-state index in [1.54, 1.807) is 0 Å². The topological polar surface area (TPSA) is 14.1 Å². The van der Waals surface area contributed by atoms with E-state index in [9.17, 15) is 0 Å². The van der Waals surface area contributed by atoms with Crippen LogP contribution in [0.25, 0.3) is 0 Å². The van der Waals surface area contributed by atoms with Crippen LogP contribution in [0.15, 0.2) is 30.3 Å². The first kappa shape index (κ1) is 9.27. The Morgan fingerprint density at radius 1 is 1.25 bits per heavy atom. The zero-order chi connectivity index (χ0) is 8.81. The molecule has 12 heavy (non-hydrogen) atoms. The number of nitrogens with zero attached hydrogens (tertiary/aromatic N) is 1. The number of hydrogen-bond acceptors (Lipinski definition) is 0. The molecule has 0 bridgehead atoms. The summed E-state index contributed by atoms with van der Waals surface area (Å²) in [6.07, 6.45) is 1.14. The van der Waals surface area contributed by atoms with Gasteiger partial charge in [0, 0.05) is 12.6 Å². The van der Waals surface area contributed by atoms with Gasteiger partial charge >= 0.3 is 0 Å². The molecule has 1 aromatic rings. The second-order valence-electron chi connectivity index (χ2n) is 2.99. The lowest BCUT2D eigenvalue weighted by Gasteiger charge is -2.10. The average Bonchev–Trinajstić information content (AvgIpc) is 2.15. The molecule has 0 aliphatic heterocycles. The number of benzene rings is 1. The molecule has 1 rings (SSSR count). The molecule has 0 amide bonds. The van der Waals surface area contributed by atoms with E-state index in [2.05, 4.69) is 43.4 Å². The van der Waals surface area contributed by atoms with Crippen molar-refractivity contribution >= 4 is 0 Å². The Morgan fingerprint density at radius 2 is 1.92 bits per heavy atom. The molecule has 1 radical (unpaired) electrons. The van der Waals surface area contributed by atoms with E-state index in [1.807, 2.05) is 6.07 Å². The SMILES string of the molecule is CCC[N][C@H](C)c1ccccc1. The van der Waals surface area contributed by atoms with Gasteiger partial charge in [-0.05, 0) is 18.9 Å². The number of rotatable bonds is 4. The molecule has 1 nitrogen and oxygen atoms in total. The summed E-state index contributed by atoms with van der Waals surface area (Å²) in [5.41, 5.74) is 1.31. The van der Waals surface area contributed by atoms with Crippen LogP contribution in [-0.2, 0) is 0 Å². The van der Waals surface area contributed by atoms with Gasteiger partial charge in [-0.3, -0.25) is 0 Å². The maximum Gasteiger partial charge on any atom is 0.0467 e. The summed E-state index contributed by atoms with van der Waals surface area (Å²) >= 11 is 0. The predicted octanol–water partition coefficient (Wildman–Crippen LogP) is 2.76. The molecule has 0 aromatic heterocycles. The first-order valence-electron chi connectivity index (χ1n) is 4.56. The molecule has 1 heteroatoms. The zero-order valence-corrected chi connectivity index (χ0v) is 7.83. The Balaban J connectivity index is 2.48. The summed E-state index contributed by atoms with van der Waals surface area (Å²) in [4.78, 5) is 0. The van der Waals surface area contributed by atoms with Crippen LogP contribution in [0.5, 0.6) is 0 Å². The fraction of sp³-hybridized carbons (Fsp3) is 0.455. The van der Waals surface area contributed by atoms with Gasteiger partial charge in [-0.1, -0.05) is 37.3 Å². The highest BCUT2D eigenvalue weighted by Gasteiger charge is 2.02. The minimum absolute atomic E-state index is 0.353. The van der Waals surface area contributed by atoms with Gasteiger partial charge in [-0.15, -0.1) is 0 Å². The number of hydrogen-bond donors (Lipinski definition) is 0. The van der Waals surface area contributed by atoms with Crippen LogP contribution >= 0.6 is 0 Å². The molecule has 0 unspecified atom stereocenters. The smallest absolute Gasteiger partial charge is 0.0467 e. The van der Waals surface area contributed by atoms with Crippen molar-refractivity contribution in [2.45, 2.75) is 26.3 Å². The van der Waals surface area contributed by atoms with Crippen LogP contribution in [0.1, 0.15) is 31.9 Å². The highest BCUT2D eigenvalue weighted by Crippen LogP contribution is 2.11. The van der Waals surface area contributed by atoms with Crippen LogP contribution in [-0.4, -0.2) is 6.54 Å². The van der Waals surface area contributed by atoms with Crippen molar-refractivity contribution in [3.05, 3.63) is 35.9 Å². The molecule has 1 aromatic carbocycles. The molecule has 0 spiro atoms. The molecule has 0 heterocycles. The van der Waals surface area contributed by atoms with Crippen molar-refractivity contribution in [1.29, 1.82) is 0 Å². The third kappa shape index (κ3) is 2.67. The highest BCUT2D eigenvalue weighted by atomic mass is 14.9. The van der Waals surface area contributed by atoms with Gasteiger partial charge in [-0.2, -0.15) is 0 Å². The summed E-state index contributed by atoms with van der Waals surface area (Å²) in [5.74, 6) is 0. The zero-order valence-electron chi connectivity index (χ0n) is 7.83. The maximum atomic E-state index is 4.51. The van der Waals surface area contributed by atoms with Crippen LogP contribution < -0.4 is 5.32 Å². The standard InChI is InChI=1S/C11H16N/c1-3-9-12-10(2)11-7-5-4-6-8-11/h4-8,10H,3,9H2,1-2H3/t10-/m1/s1. The Bertz CT molecular complexity index is 206. The van der Waals surface area contributed by atoms with E-state index in [4.69, 9.17) is 0 Å². The summed E-state index contributed by atoms with van der Waals surface area (Å²) < 4.78 is 0. The first-order valence-corrected chi connectivity index (χ1v) is 4.56. The van der Waals surface area contributed by atoms with E-state index < -0.39 is 0 Å². The van der Waals surface area contributed by atoms with Crippen molar-refractivity contribution in [2.24, 2.45) is 0 Å². The van der Waals surface area contributed by atoms with E-state index in [-0.39, 0.29) is 0 Å². The molecule has 0 aliphatic rings. The predicted molar refractivity (Wildman–Crippen MR) is 52.1 cm³/mol. The van der Waals surface area contributed by atoms with Crippen molar-refractivity contribution in [1.82, 2.24) is 5.32 Å². The van der Waals surface area contributed by atoms with Gasteiger partial charge < -0.3 is 0 Å². The third-order valence-electron chi connectivity index (χ3n) is 1.91. The average molecular weight is 162 g/mol. The Hall–Kier alpha value is -0.820. The van der Waals surface area contributed by atoms with Gasteiger partial charge in [0.1, 0.15) is 0 Å². The molecule has 0 N–H and O–H groups in total. The fourth-order valence-electron chi connectivity index (χ4n) is 1.16. The van der Waals surface area contributed by atoms with Crippen LogP contribution in [0, 0.1) is 0 Å². The van der Waals surface area contributed by atoms with Crippen molar-refractivity contribution in [2.75, 3.05) is 6.54 Å². The lowest BCUT2D eigenvalue weighted by Crippen LogP contribution is -2.11. The minimum atomic E-state index is 0.353. The Morgan fingerprint density at radius 3 is 2.50 bits per heavy atom. The molecular formula is C11H16N. The minimum Gasteiger partial charge on any atom is -0.234 e. The molecule has 65 valence electrons. The van der Waals surface area contributed by atoms with Gasteiger partial charge in [0.15, 0.2) is 0 Å². The van der Waals surface area contributed by atoms with Crippen LogP contribution in [0.2, 0.25) is 0 Å². The maximum absolute atomic E-state index is 4.51. The van der Waals surface area contributed by atoms with E-state index in [1.165, 1.54) is 5.56 Å². The van der Waals surface area contributed by atoms with Crippen molar-refractivity contribution < 1.29 is 0 Å². The van der Waals surface area contributed by atoms with Gasteiger partial charge in [0.2, 0.25) is 0 Å². The lowest BCUT2D eigenvalue weighted by molar-refractivity contribution is 0.557. The normalized spacial score (nSPS) is 12.8.